The Kier molecular flexibility index (Phi) is 7.00. The Bertz CT molecular complexity index is 1330. The van der Waals surface area contributed by atoms with E-state index >= 15 is 0 Å². The Morgan fingerprint density at radius 1 is 1.09 bits per heavy atom. The van der Waals surface area contributed by atoms with Crippen LogP contribution in [0.5, 0.6) is 11.5 Å². The van der Waals surface area contributed by atoms with Gasteiger partial charge >= 0.3 is 0 Å². The van der Waals surface area contributed by atoms with Crippen LogP contribution >= 0.6 is 11.6 Å². The van der Waals surface area contributed by atoms with Gasteiger partial charge in [0.05, 0.1) is 22.7 Å². The Morgan fingerprint density at radius 2 is 1.85 bits per heavy atom. The third-order valence-electron chi connectivity index (χ3n) is 5.60. The third-order valence-corrected chi connectivity index (χ3v) is 7.70. The minimum absolute atomic E-state index is 0.186. The van der Waals surface area contributed by atoms with Gasteiger partial charge in [0.15, 0.2) is 6.61 Å². The lowest BCUT2D eigenvalue weighted by Crippen LogP contribution is -2.35. The average molecular weight is 501 g/mol. The maximum absolute atomic E-state index is 13.4. The summed E-state index contributed by atoms with van der Waals surface area (Å²) in [6.45, 7) is 1.95. The highest BCUT2D eigenvalue weighted by Crippen LogP contribution is 2.33. The molecule has 7 nitrogen and oxygen atoms in total. The van der Waals surface area contributed by atoms with Crippen molar-refractivity contribution in [3.05, 3.63) is 76.8 Å². The van der Waals surface area contributed by atoms with Crippen molar-refractivity contribution in [3.8, 4) is 11.5 Å². The molecule has 0 saturated carbocycles. The van der Waals surface area contributed by atoms with Crippen LogP contribution in [0.25, 0.3) is 0 Å². The van der Waals surface area contributed by atoms with Gasteiger partial charge in [-0.1, -0.05) is 29.8 Å². The monoisotopic (exact) mass is 500 g/mol. The third kappa shape index (κ3) is 4.98. The fourth-order valence-electron chi connectivity index (χ4n) is 3.90. The first-order chi connectivity index (χ1) is 16.3. The fourth-order valence-corrected chi connectivity index (χ4v) is 5.79. The minimum atomic E-state index is -3.72. The molecule has 1 N–H and O–H groups in total. The molecule has 0 aromatic heterocycles. The van der Waals surface area contributed by atoms with Crippen LogP contribution in [0.2, 0.25) is 5.02 Å². The molecule has 0 fully saturated rings. The molecule has 1 aliphatic rings. The van der Waals surface area contributed by atoms with Crippen molar-refractivity contribution in [2.24, 2.45) is 0 Å². The predicted octanol–water partition coefficient (Wildman–Crippen LogP) is 4.82. The van der Waals surface area contributed by atoms with E-state index < -0.39 is 10.0 Å². The number of methoxy groups -OCH3 is 1. The van der Waals surface area contributed by atoms with Crippen LogP contribution in [0, 0.1) is 6.92 Å². The molecule has 0 radical (unpaired) electrons. The normalized spacial score (nSPS) is 13.2. The van der Waals surface area contributed by atoms with Gasteiger partial charge in [-0.15, -0.1) is 0 Å². The van der Waals surface area contributed by atoms with Crippen LogP contribution in [-0.4, -0.2) is 34.6 Å². The number of carbonyl (C=O) groups excluding carboxylic acids is 1. The van der Waals surface area contributed by atoms with Gasteiger partial charge in [0, 0.05) is 12.2 Å². The molecule has 178 valence electrons. The smallest absolute Gasteiger partial charge is 0.264 e. The molecular weight excluding hydrogens is 476 g/mol. The Labute approximate surface area is 204 Å². The molecule has 0 atom stereocenters. The van der Waals surface area contributed by atoms with Crippen molar-refractivity contribution >= 4 is 38.9 Å². The highest BCUT2D eigenvalue weighted by molar-refractivity contribution is 7.92. The van der Waals surface area contributed by atoms with Crippen molar-refractivity contribution in [1.82, 2.24) is 0 Å². The summed E-state index contributed by atoms with van der Waals surface area (Å²) in [5.41, 5.74) is 2.88. The zero-order valence-corrected chi connectivity index (χ0v) is 20.4. The number of para-hydroxylation sites is 1. The van der Waals surface area contributed by atoms with Crippen LogP contribution < -0.4 is 19.1 Å². The van der Waals surface area contributed by atoms with Crippen molar-refractivity contribution < 1.29 is 22.7 Å². The van der Waals surface area contributed by atoms with Crippen LogP contribution in [0.15, 0.2) is 65.6 Å². The second-order valence-electron chi connectivity index (χ2n) is 7.92. The summed E-state index contributed by atoms with van der Waals surface area (Å²) in [4.78, 5) is 12.5. The number of halogens is 1. The molecule has 0 unspecified atom stereocenters. The Balaban J connectivity index is 1.44. The molecule has 9 heteroatoms. The van der Waals surface area contributed by atoms with E-state index in [-0.39, 0.29) is 17.4 Å². The molecule has 0 saturated heterocycles. The van der Waals surface area contributed by atoms with E-state index in [4.69, 9.17) is 21.1 Å². The molecule has 0 aliphatic carbocycles. The topological polar surface area (TPSA) is 84.9 Å². The number of nitrogens with one attached hydrogen (secondary N) is 1. The van der Waals surface area contributed by atoms with Gasteiger partial charge in [0.2, 0.25) is 0 Å². The highest BCUT2D eigenvalue weighted by Gasteiger charge is 2.29. The summed E-state index contributed by atoms with van der Waals surface area (Å²) < 4.78 is 38.9. The molecule has 1 aliphatic heterocycles. The van der Waals surface area contributed by atoms with Crippen LogP contribution in [-0.2, 0) is 21.2 Å². The maximum Gasteiger partial charge on any atom is 0.264 e. The highest BCUT2D eigenvalue weighted by atomic mass is 35.5. The largest absolute Gasteiger partial charge is 0.495 e. The van der Waals surface area contributed by atoms with Crippen molar-refractivity contribution in [1.29, 1.82) is 0 Å². The number of fused-ring (bicyclic) bond motifs is 1. The standard InChI is InChI=1S/C25H25ClN2O5S/c1-17-14-20(34(30,31)28-13-5-7-18-6-3-4-8-22(18)28)10-12-23(17)33-16-25(29)27-19-9-11-24(32-2)21(26)15-19/h3-4,6,8-12,14-15H,5,7,13,16H2,1-2H3,(H,27,29). The number of hydrogen-bond acceptors (Lipinski definition) is 5. The molecule has 3 aromatic carbocycles. The zero-order chi connectivity index (χ0) is 24.3. The molecule has 0 bridgehead atoms. The number of sulfonamides is 1. The summed E-state index contributed by atoms with van der Waals surface area (Å²) >= 11 is 6.08. The Morgan fingerprint density at radius 3 is 2.59 bits per heavy atom. The van der Waals surface area contributed by atoms with Crippen molar-refractivity contribution in [3.63, 3.8) is 0 Å². The van der Waals surface area contributed by atoms with E-state index in [9.17, 15) is 13.2 Å². The number of nitrogens with zero attached hydrogens (tertiary/aromatic N) is 1. The lowest BCUT2D eigenvalue weighted by atomic mass is 10.0. The van der Waals surface area contributed by atoms with Crippen LogP contribution in [0.4, 0.5) is 11.4 Å². The molecule has 1 amide bonds. The number of anilines is 2. The zero-order valence-electron chi connectivity index (χ0n) is 18.9. The summed E-state index contributed by atoms with van der Waals surface area (Å²) in [6, 6.07) is 17.1. The molecular formula is C25H25ClN2O5S. The number of hydrogen-bond donors (Lipinski definition) is 1. The van der Waals surface area contributed by atoms with Crippen molar-refractivity contribution in [2.75, 3.05) is 29.9 Å². The summed E-state index contributed by atoms with van der Waals surface area (Å²) in [6.07, 6.45) is 1.63. The van der Waals surface area contributed by atoms with Gasteiger partial charge in [-0.3, -0.25) is 9.10 Å². The minimum Gasteiger partial charge on any atom is -0.495 e. The Hall–Kier alpha value is -3.23. The van der Waals surface area contributed by atoms with Gasteiger partial charge in [0.1, 0.15) is 11.5 Å². The fraction of sp³-hybridized carbons (Fsp3) is 0.240. The maximum atomic E-state index is 13.4. The summed E-state index contributed by atoms with van der Waals surface area (Å²) in [5, 5.41) is 3.09. The molecule has 4 rings (SSSR count). The second kappa shape index (κ2) is 9.95. The SMILES string of the molecule is COc1ccc(NC(=O)COc2ccc(S(=O)(=O)N3CCCc4ccccc43)cc2C)cc1Cl. The molecule has 0 spiro atoms. The van der Waals surface area contributed by atoms with Gasteiger partial charge in [-0.2, -0.15) is 0 Å². The first-order valence-corrected chi connectivity index (χ1v) is 12.6. The van der Waals surface area contributed by atoms with Gasteiger partial charge < -0.3 is 14.8 Å². The van der Waals surface area contributed by atoms with Gasteiger partial charge in [-0.25, -0.2) is 8.42 Å². The summed E-state index contributed by atoms with van der Waals surface area (Å²) in [7, 11) is -2.21. The number of benzene rings is 3. The van der Waals surface area contributed by atoms with Crippen LogP contribution in [0.3, 0.4) is 0 Å². The van der Waals surface area contributed by atoms with E-state index in [0.717, 1.165) is 24.1 Å². The number of carbonyl (C=O) groups is 1. The number of aryl methyl sites for hydroxylation is 2. The predicted molar refractivity (Wildman–Crippen MR) is 133 cm³/mol. The average Bonchev–Trinajstić information content (AvgIpc) is 2.83. The molecule has 3 aromatic rings. The van der Waals surface area contributed by atoms with Gasteiger partial charge in [0.25, 0.3) is 15.9 Å². The van der Waals surface area contributed by atoms with E-state index in [0.29, 0.717) is 34.3 Å². The lowest BCUT2D eigenvalue weighted by molar-refractivity contribution is -0.118. The first kappa shape index (κ1) is 23.9. The first-order valence-electron chi connectivity index (χ1n) is 10.8. The van der Waals surface area contributed by atoms with Gasteiger partial charge in [-0.05, 0) is 73.4 Å². The van der Waals surface area contributed by atoms with E-state index in [2.05, 4.69) is 5.32 Å². The molecule has 34 heavy (non-hydrogen) atoms. The van der Waals surface area contributed by atoms with E-state index in [1.165, 1.54) is 17.5 Å². The quantitative estimate of drug-likeness (QED) is 0.503. The lowest BCUT2D eigenvalue weighted by Gasteiger charge is -2.30. The van der Waals surface area contributed by atoms with E-state index in [1.807, 2.05) is 24.3 Å². The number of ether oxygens (including phenoxy) is 2. The summed E-state index contributed by atoms with van der Waals surface area (Å²) in [5.74, 6) is 0.567. The van der Waals surface area contributed by atoms with Crippen LogP contribution in [0.1, 0.15) is 17.5 Å². The number of amides is 1. The molecule has 1 heterocycles. The van der Waals surface area contributed by atoms with Crippen molar-refractivity contribution in [2.45, 2.75) is 24.7 Å². The second-order valence-corrected chi connectivity index (χ2v) is 10.2. The number of rotatable bonds is 7. The van der Waals surface area contributed by atoms with E-state index in [1.54, 1.807) is 37.3 Å².